The van der Waals surface area contributed by atoms with Crippen LogP contribution in [-0.4, -0.2) is 29.6 Å². The van der Waals surface area contributed by atoms with Crippen LogP contribution in [0.15, 0.2) is 84.9 Å². The second-order valence-electron chi connectivity index (χ2n) is 8.98. The zero-order valence-electron chi connectivity index (χ0n) is 18.7. The van der Waals surface area contributed by atoms with E-state index < -0.39 is 0 Å². The van der Waals surface area contributed by atoms with Crippen LogP contribution in [0.25, 0.3) is 16.7 Å². The normalized spacial score (nSPS) is 19.3. The van der Waals surface area contributed by atoms with Gasteiger partial charge in [-0.2, -0.15) is 0 Å². The molecule has 2 atom stereocenters. The fourth-order valence-corrected chi connectivity index (χ4v) is 5.15. The minimum Gasteiger partial charge on any atom is -0.338 e. The summed E-state index contributed by atoms with van der Waals surface area (Å²) in [5, 5.41) is 3.11. The number of hydrogen-bond donors (Lipinski definition) is 1. The number of aryl methyl sites for hydroxylation is 1. The van der Waals surface area contributed by atoms with Gasteiger partial charge in [0, 0.05) is 18.2 Å². The number of rotatable bonds is 6. The Morgan fingerprint density at radius 3 is 2.42 bits per heavy atom. The molecule has 168 valence electrons. The Balaban J connectivity index is 1.22. The Bertz CT molecular complexity index is 1140. The van der Waals surface area contributed by atoms with Crippen LogP contribution in [-0.2, 0) is 6.42 Å². The molecule has 1 fully saturated rings. The number of carbonyl (C=O) groups is 1. The van der Waals surface area contributed by atoms with E-state index in [9.17, 15) is 9.18 Å². The molecule has 3 aromatic rings. The summed E-state index contributed by atoms with van der Waals surface area (Å²) < 4.78 is 14.9. The summed E-state index contributed by atoms with van der Waals surface area (Å²) in [5.41, 5.74) is 4.87. The van der Waals surface area contributed by atoms with Crippen LogP contribution >= 0.6 is 0 Å². The highest BCUT2D eigenvalue weighted by Gasteiger charge is 2.39. The quantitative estimate of drug-likeness (QED) is 0.439. The topological polar surface area (TPSA) is 32.3 Å². The standard InChI is InChI=1S/C29H29FN2O/c30-28-20-23(13-16-27(28)22-11-5-2-6-12-22)24-18-25-14-15-26(19-24)32(25)29(33)31-17-7-10-21-8-3-1-4-9-21/h1-6,8-9,11-13,16,18,20,25-26H,7,10,14-15,17,19H2,(H,31,33). The van der Waals surface area contributed by atoms with Gasteiger partial charge in [-0.1, -0.05) is 78.9 Å². The molecular weight excluding hydrogens is 411 g/mol. The molecule has 4 heteroatoms. The molecular formula is C29H29FN2O. The smallest absolute Gasteiger partial charge is 0.318 e. The number of nitrogens with zero attached hydrogens (tertiary/aromatic N) is 1. The molecule has 0 radical (unpaired) electrons. The molecule has 0 aromatic heterocycles. The van der Waals surface area contributed by atoms with Crippen molar-refractivity contribution >= 4 is 11.6 Å². The predicted octanol–water partition coefficient (Wildman–Crippen LogP) is 6.46. The lowest BCUT2D eigenvalue weighted by molar-refractivity contribution is 0.180. The molecule has 2 unspecified atom stereocenters. The van der Waals surface area contributed by atoms with Crippen LogP contribution in [0.4, 0.5) is 9.18 Å². The number of halogens is 1. The fraction of sp³-hybridized carbons (Fsp3) is 0.276. The minimum atomic E-state index is -0.203. The summed E-state index contributed by atoms with van der Waals surface area (Å²) in [6.07, 6.45) is 6.79. The number of benzene rings is 3. The average molecular weight is 441 g/mol. The molecule has 2 heterocycles. The fourth-order valence-electron chi connectivity index (χ4n) is 5.15. The number of fused-ring (bicyclic) bond motifs is 2. The zero-order valence-corrected chi connectivity index (χ0v) is 18.7. The third-order valence-corrected chi connectivity index (χ3v) is 6.82. The first-order valence-corrected chi connectivity index (χ1v) is 11.8. The number of urea groups is 1. The SMILES string of the molecule is O=C(NCCCc1ccccc1)N1C2C=C(c3ccc(-c4ccccc4)c(F)c3)CC1CC2. The van der Waals surface area contributed by atoms with Crippen molar-refractivity contribution in [1.82, 2.24) is 10.2 Å². The minimum absolute atomic E-state index is 0.0245. The summed E-state index contributed by atoms with van der Waals surface area (Å²) in [6.45, 7) is 0.673. The monoisotopic (exact) mass is 440 g/mol. The molecule has 3 aromatic carbocycles. The third kappa shape index (κ3) is 4.70. The van der Waals surface area contributed by atoms with Gasteiger partial charge in [0.1, 0.15) is 5.82 Å². The Morgan fingerprint density at radius 2 is 1.70 bits per heavy atom. The van der Waals surface area contributed by atoms with E-state index >= 15 is 0 Å². The Labute approximate surface area is 194 Å². The van der Waals surface area contributed by atoms with E-state index in [1.165, 1.54) is 5.56 Å². The van der Waals surface area contributed by atoms with Crippen molar-refractivity contribution in [2.75, 3.05) is 6.54 Å². The van der Waals surface area contributed by atoms with E-state index in [4.69, 9.17) is 0 Å². The molecule has 3 nitrogen and oxygen atoms in total. The highest BCUT2D eigenvalue weighted by molar-refractivity contribution is 5.79. The summed E-state index contributed by atoms with van der Waals surface area (Å²) >= 11 is 0. The molecule has 0 spiro atoms. The van der Waals surface area contributed by atoms with Gasteiger partial charge in [-0.3, -0.25) is 0 Å². The van der Waals surface area contributed by atoms with Crippen LogP contribution in [0.5, 0.6) is 0 Å². The van der Waals surface area contributed by atoms with E-state index in [0.29, 0.717) is 12.1 Å². The second-order valence-corrected chi connectivity index (χ2v) is 8.98. The van der Waals surface area contributed by atoms with Gasteiger partial charge in [-0.15, -0.1) is 0 Å². The highest BCUT2D eigenvalue weighted by atomic mass is 19.1. The van der Waals surface area contributed by atoms with Gasteiger partial charge in [0.15, 0.2) is 0 Å². The van der Waals surface area contributed by atoms with E-state index in [1.54, 1.807) is 6.07 Å². The van der Waals surface area contributed by atoms with Gasteiger partial charge in [-0.25, -0.2) is 9.18 Å². The summed E-state index contributed by atoms with van der Waals surface area (Å²) in [5.74, 6) is -0.203. The van der Waals surface area contributed by atoms with Crippen molar-refractivity contribution < 1.29 is 9.18 Å². The summed E-state index contributed by atoms with van der Waals surface area (Å²) in [6, 6.07) is 25.8. The first-order chi connectivity index (χ1) is 16.2. The predicted molar refractivity (Wildman–Crippen MR) is 131 cm³/mol. The van der Waals surface area contributed by atoms with Crippen molar-refractivity contribution in [1.29, 1.82) is 0 Å². The molecule has 1 N–H and O–H groups in total. The number of nitrogens with one attached hydrogen (secondary N) is 1. The third-order valence-electron chi connectivity index (χ3n) is 6.82. The largest absolute Gasteiger partial charge is 0.338 e. The van der Waals surface area contributed by atoms with Crippen LogP contribution in [0.3, 0.4) is 0 Å². The van der Waals surface area contributed by atoms with Crippen LogP contribution in [0.2, 0.25) is 0 Å². The van der Waals surface area contributed by atoms with Crippen LogP contribution in [0, 0.1) is 5.82 Å². The first-order valence-electron chi connectivity index (χ1n) is 11.8. The molecule has 2 amide bonds. The van der Waals surface area contributed by atoms with Crippen molar-refractivity contribution in [2.45, 2.75) is 44.2 Å². The van der Waals surface area contributed by atoms with E-state index in [-0.39, 0.29) is 23.9 Å². The van der Waals surface area contributed by atoms with Crippen LogP contribution < -0.4 is 5.32 Å². The Kier molecular flexibility index (Phi) is 6.25. The maximum Gasteiger partial charge on any atom is 0.318 e. The summed E-state index contributed by atoms with van der Waals surface area (Å²) in [4.78, 5) is 14.9. The van der Waals surface area contributed by atoms with Gasteiger partial charge >= 0.3 is 6.03 Å². The van der Waals surface area contributed by atoms with Crippen molar-refractivity contribution in [2.24, 2.45) is 0 Å². The zero-order chi connectivity index (χ0) is 22.6. The average Bonchev–Trinajstić information content (AvgIpc) is 3.12. The van der Waals surface area contributed by atoms with E-state index in [2.05, 4.69) is 23.5 Å². The van der Waals surface area contributed by atoms with Crippen LogP contribution in [0.1, 0.15) is 36.8 Å². The van der Waals surface area contributed by atoms with Gasteiger partial charge in [-0.05, 0) is 60.4 Å². The van der Waals surface area contributed by atoms with Gasteiger partial charge in [0.2, 0.25) is 0 Å². The Morgan fingerprint density at radius 1 is 0.939 bits per heavy atom. The molecule has 0 aliphatic carbocycles. The lowest BCUT2D eigenvalue weighted by Gasteiger charge is -2.34. The molecule has 5 rings (SSSR count). The lowest BCUT2D eigenvalue weighted by atomic mass is 9.93. The van der Waals surface area contributed by atoms with Gasteiger partial charge in [0.25, 0.3) is 0 Å². The molecule has 1 saturated heterocycles. The van der Waals surface area contributed by atoms with E-state index in [0.717, 1.165) is 48.8 Å². The summed E-state index contributed by atoms with van der Waals surface area (Å²) in [7, 11) is 0. The lowest BCUT2D eigenvalue weighted by Crippen LogP contribution is -2.48. The molecule has 2 aliphatic heterocycles. The van der Waals surface area contributed by atoms with Gasteiger partial charge < -0.3 is 10.2 Å². The van der Waals surface area contributed by atoms with Crippen molar-refractivity contribution in [3.8, 4) is 11.1 Å². The van der Waals surface area contributed by atoms with Crippen molar-refractivity contribution in [3.63, 3.8) is 0 Å². The Hall–Kier alpha value is -3.40. The second kappa shape index (κ2) is 9.62. The molecule has 0 saturated carbocycles. The molecule has 2 aliphatic rings. The number of hydrogen-bond acceptors (Lipinski definition) is 1. The first kappa shape index (κ1) is 21.4. The maximum atomic E-state index is 14.9. The number of carbonyl (C=O) groups excluding carboxylic acids is 1. The van der Waals surface area contributed by atoms with E-state index in [1.807, 2.05) is 65.6 Å². The number of amides is 2. The maximum absolute atomic E-state index is 14.9. The highest BCUT2D eigenvalue weighted by Crippen LogP contribution is 2.39. The molecule has 33 heavy (non-hydrogen) atoms. The van der Waals surface area contributed by atoms with Gasteiger partial charge in [0.05, 0.1) is 6.04 Å². The van der Waals surface area contributed by atoms with Crippen molar-refractivity contribution in [3.05, 3.63) is 102 Å². The molecule has 2 bridgehead atoms.